The largest absolute Gasteiger partial charge is 0.382 e. The fraction of sp³-hybridized carbons (Fsp3) is 0.200. The van der Waals surface area contributed by atoms with E-state index in [2.05, 4.69) is 21.9 Å². The van der Waals surface area contributed by atoms with Crippen LogP contribution in [0.4, 0.5) is 10.1 Å². The molecule has 28 heavy (non-hydrogen) atoms. The molecule has 3 aromatic rings. The number of aromatic nitrogens is 2. The van der Waals surface area contributed by atoms with Gasteiger partial charge in [0.25, 0.3) is 5.91 Å². The van der Waals surface area contributed by atoms with E-state index in [9.17, 15) is 14.3 Å². The minimum absolute atomic E-state index is 0.169. The summed E-state index contributed by atoms with van der Waals surface area (Å²) < 4.78 is 13.5. The molecule has 1 aliphatic rings. The maximum atomic E-state index is 13.5. The highest BCUT2D eigenvalue weighted by atomic mass is 35.5. The molecule has 1 amide bonds. The Morgan fingerprint density at radius 2 is 2.21 bits per heavy atom. The molecule has 2 aromatic carbocycles. The molecule has 1 saturated heterocycles. The molecule has 0 bridgehead atoms. The third-order valence-corrected chi connectivity index (χ3v) is 5.16. The van der Waals surface area contributed by atoms with Gasteiger partial charge in [-0.1, -0.05) is 18.2 Å². The van der Waals surface area contributed by atoms with Crippen LogP contribution in [0.5, 0.6) is 0 Å². The van der Waals surface area contributed by atoms with Crippen LogP contribution < -0.4 is 10.2 Å². The van der Waals surface area contributed by atoms with Gasteiger partial charge in [-0.2, -0.15) is 0 Å². The summed E-state index contributed by atoms with van der Waals surface area (Å²) in [6.45, 7) is 4.37. The van der Waals surface area contributed by atoms with Gasteiger partial charge in [0.15, 0.2) is 5.60 Å². The molecule has 0 spiro atoms. The number of carbonyl (C=O) groups is 1. The number of halogens is 2. The molecule has 6 nitrogen and oxygen atoms in total. The lowest BCUT2D eigenvalue weighted by Crippen LogP contribution is -2.45. The number of aliphatic hydroxyl groups is 1. The first-order valence-corrected chi connectivity index (χ1v) is 9.10. The average Bonchev–Trinajstić information content (AvgIpc) is 3.24. The Labute approximate surface area is 165 Å². The van der Waals surface area contributed by atoms with E-state index in [4.69, 9.17) is 11.6 Å². The van der Waals surface area contributed by atoms with Crippen LogP contribution in [0, 0.1) is 5.82 Å². The Kier molecular flexibility index (Phi) is 4.56. The minimum Gasteiger partial charge on any atom is -0.382 e. The summed E-state index contributed by atoms with van der Waals surface area (Å²) in [5.41, 5.74) is 1.29. The number of nitrogens with one attached hydrogen (secondary N) is 2. The second-order valence-electron chi connectivity index (χ2n) is 6.78. The summed E-state index contributed by atoms with van der Waals surface area (Å²) in [5, 5.41) is 14.2. The van der Waals surface area contributed by atoms with E-state index in [0.29, 0.717) is 17.8 Å². The Balaban J connectivity index is 1.49. The van der Waals surface area contributed by atoms with Gasteiger partial charge in [-0.15, -0.1) is 0 Å². The Hall–Kier alpha value is -2.90. The van der Waals surface area contributed by atoms with Crippen LogP contribution in [0.2, 0.25) is 5.02 Å². The van der Waals surface area contributed by atoms with Crippen molar-refractivity contribution < 1.29 is 14.3 Å². The van der Waals surface area contributed by atoms with Crippen molar-refractivity contribution in [3.63, 3.8) is 0 Å². The fourth-order valence-corrected chi connectivity index (χ4v) is 3.64. The van der Waals surface area contributed by atoms with Crippen molar-refractivity contribution in [2.24, 2.45) is 0 Å². The van der Waals surface area contributed by atoms with Gasteiger partial charge < -0.3 is 20.3 Å². The topological polar surface area (TPSA) is 81.2 Å². The van der Waals surface area contributed by atoms with Crippen LogP contribution in [0.3, 0.4) is 0 Å². The highest BCUT2D eigenvalue weighted by Gasteiger charge is 2.48. The zero-order valence-corrected chi connectivity index (χ0v) is 15.6. The number of imidazole rings is 1. The molecule has 1 unspecified atom stereocenters. The van der Waals surface area contributed by atoms with Crippen LogP contribution >= 0.6 is 11.6 Å². The first kappa shape index (κ1) is 18.5. The predicted octanol–water partition coefficient (Wildman–Crippen LogP) is 3.13. The lowest BCUT2D eigenvalue weighted by molar-refractivity contribution is -0.130. The van der Waals surface area contributed by atoms with Crippen molar-refractivity contribution in [1.29, 1.82) is 0 Å². The number of H-pyrrole nitrogens is 1. The SMILES string of the molecule is C=C(NCc1cc(F)cc(Cl)c1)C1(O)CCN(c2ccc3nc[nH]c3c2)C1=O. The molecule has 0 radical (unpaired) electrons. The van der Waals surface area contributed by atoms with Gasteiger partial charge in [0, 0.05) is 35.9 Å². The normalized spacial score (nSPS) is 19.4. The molecular formula is C20H18ClFN4O2. The van der Waals surface area contributed by atoms with Gasteiger partial charge in [-0.05, 0) is 42.0 Å². The highest BCUT2D eigenvalue weighted by molar-refractivity contribution is 6.30. The fourth-order valence-electron chi connectivity index (χ4n) is 3.39. The smallest absolute Gasteiger partial charge is 0.265 e. The van der Waals surface area contributed by atoms with Crippen molar-refractivity contribution in [3.05, 3.63) is 71.4 Å². The monoisotopic (exact) mass is 400 g/mol. The zero-order valence-electron chi connectivity index (χ0n) is 14.9. The first-order chi connectivity index (χ1) is 13.4. The number of fused-ring (bicyclic) bond motifs is 1. The summed E-state index contributed by atoms with van der Waals surface area (Å²) in [7, 11) is 0. The maximum Gasteiger partial charge on any atom is 0.265 e. The van der Waals surface area contributed by atoms with Crippen molar-refractivity contribution in [2.75, 3.05) is 11.4 Å². The number of anilines is 1. The molecule has 144 valence electrons. The molecule has 4 rings (SSSR count). The maximum absolute atomic E-state index is 13.5. The van der Waals surface area contributed by atoms with Gasteiger partial charge >= 0.3 is 0 Å². The summed E-state index contributed by atoms with van der Waals surface area (Å²) >= 11 is 5.86. The number of benzene rings is 2. The van der Waals surface area contributed by atoms with Crippen LogP contribution in [-0.2, 0) is 11.3 Å². The summed E-state index contributed by atoms with van der Waals surface area (Å²) in [6, 6.07) is 9.57. The van der Waals surface area contributed by atoms with Crippen LogP contribution in [0.25, 0.3) is 11.0 Å². The van der Waals surface area contributed by atoms with E-state index in [1.807, 2.05) is 12.1 Å². The Morgan fingerprint density at radius 3 is 3.00 bits per heavy atom. The van der Waals surface area contributed by atoms with Crippen molar-refractivity contribution in [3.8, 4) is 0 Å². The van der Waals surface area contributed by atoms with E-state index in [1.165, 1.54) is 17.0 Å². The van der Waals surface area contributed by atoms with Crippen LogP contribution in [0.15, 0.2) is 55.0 Å². The van der Waals surface area contributed by atoms with Gasteiger partial charge in [-0.3, -0.25) is 4.79 Å². The number of carbonyl (C=O) groups excluding carboxylic acids is 1. The second-order valence-corrected chi connectivity index (χ2v) is 7.22. The van der Waals surface area contributed by atoms with Gasteiger partial charge in [-0.25, -0.2) is 9.37 Å². The Morgan fingerprint density at radius 1 is 1.39 bits per heavy atom. The third kappa shape index (κ3) is 3.23. The van der Waals surface area contributed by atoms with E-state index in [0.717, 1.165) is 11.0 Å². The number of aromatic amines is 1. The number of hydrogen-bond donors (Lipinski definition) is 3. The number of amides is 1. The molecule has 0 saturated carbocycles. The van der Waals surface area contributed by atoms with Gasteiger partial charge in [0.2, 0.25) is 0 Å². The third-order valence-electron chi connectivity index (χ3n) is 4.94. The molecule has 1 atom stereocenters. The zero-order chi connectivity index (χ0) is 19.9. The molecular weight excluding hydrogens is 383 g/mol. The molecule has 1 aromatic heterocycles. The quantitative estimate of drug-likeness (QED) is 0.614. The summed E-state index contributed by atoms with van der Waals surface area (Å²) in [5.74, 6) is -0.910. The number of rotatable bonds is 5. The second kappa shape index (κ2) is 6.92. The molecule has 2 heterocycles. The average molecular weight is 401 g/mol. The van der Waals surface area contributed by atoms with Gasteiger partial charge in [0.1, 0.15) is 5.82 Å². The number of hydrogen-bond acceptors (Lipinski definition) is 4. The standard InChI is InChI=1S/C20H18ClFN4O2/c1-12(23-10-13-6-14(21)8-15(22)7-13)20(28)4-5-26(19(20)27)16-2-3-17-18(9-16)25-11-24-17/h2-3,6-9,11,23,28H,1,4-5,10H2,(H,24,25). The van der Waals surface area contributed by atoms with E-state index >= 15 is 0 Å². The van der Waals surface area contributed by atoms with E-state index in [1.54, 1.807) is 18.5 Å². The highest BCUT2D eigenvalue weighted by Crippen LogP contribution is 2.33. The predicted molar refractivity (Wildman–Crippen MR) is 105 cm³/mol. The molecule has 0 aliphatic carbocycles. The minimum atomic E-state index is -1.74. The molecule has 8 heteroatoms. The van der Waals surface area contributed by atoms with Crippen molar-refractivity contribution >= 4 is 34.2 Å². The summed E-state index contributed by atoms with van der Waals surface area (Å²) in [4.78, 5) is 21.6. The Bertz CT molecular complexity index is 1060. The lowest BCUT2D eigenvalue weighted by atomic mass is 9.98. The molecule has 3 N–H and O–H groups in total. The van der Waals surface area contributed by atoms with Crippen LogP contribution in [-0.4, -0.2) is 33.1 Å². The number of nitrogens with zero attached hydrogens (tertiary/aromatic N) is 2. The molecule has 1 aliphatic heterocycles. The van der Waals surface area contributed by atoms with E-state index in [-0.39, 0.29) is 23.7 Å². The van der Waals surface area contributed by atoms with Gasteiger partial charge in [0.05, 0.1) is 17.4 Å². The van der Waals surface area contributed by atoms with Crippen LogP contribution in [0.1, 0.15) is 12.0 Å². The lowest BCUT2D eigenvalue weighted by Gasteiger charge is -2.25. The van der Waals surface area contributed by atoms with E-state index < -0.39 is 17.3 Å². The summed E-state index contributed by atoms with van der Waals surface area (Å²) in [6.07, 6.45) is 1.78. The van der Waals surface area contributed by atoms with Crippen molar-refractivity contribution in [1.82, 2.24) is 15.3 Å². The first-order valence-electron chi connectivity index (χ1n) is 8.72. The van der Waals surface area contributed by atoms with Crippen molar-refractivity contribution in [2.45, 2.75) is 18.6 Å². The molecule has 1 fully saturated rings.